The zero-order chi connectivity index (χ0) is 57.8. The Labute approximate surface area is 494 Å². The van der Waals surface area contributed by atoms with Gasteiger partial charge in [-0.15, -0.1) is 0 Å². The van der Waals surface area contributed by atoms with Gasteiger partial charge in [-0.25, -0.2) is 0 Å². The molecule has 0 aromatic heterocycles. The summed E-state index contributed by atoms with van der Waals surface area (Å²) >= 11 is 0. The van der Waals surface area contributed by atoms with Crippen molar-refractivity contribution < 1.29 is 28.6 Å². The Morgan fingerprint density at radius 3 is 0.787 bits per heavy atom. The van der Waals surface area contributed by atoms with E-state index in [0.29, 0.717) is 25.7 Å². The van der Waals surface area contributed by atoms with Gasteiger partial charge in [-0.05, 0) is 116 Å². The van der Waals surface area contributed by atoms with E-state index in [1.165, 1.54) is 122 Å². The molecular formula is C74H122O6. The van der Waals surface area contributed by atoms with Crippen molar-refractivity contribution in [3.8, 4) is 0 Å². The van der Waals surface area contributed by atoms with Crippen LogP contribution in [0.2, 0.25) is 0 Å². The third-order valence-corrected chi connectivity index (χ3v) is 13.9. The Hall–Kier alpha value is -4.45. The zero-order valence-corrected chi connectivity index (χ0v) is 52.0. The highest BCUT2D eigenvalue weighted by molar-refractivity contribution is 5.71. The van der Waals surface area contributed by atoms with E-state index in [-0.39, 0.29) is 31.1 Å². The van der Waals surface area contributed by atoms with Gasteiger partial charge in [-0.3, -0.25) is 14.4 Å². The van der Waals surface area contributed by atoms with Crippen molar-refractivity contribution in [2.45, 2.75) is 303 Å². The van der Waals surface area contributed by atoms with Gasteiger partial charge in [0, 0.05) is 19.3 Å². The predicted molar refractivity (Wildman–Crippen MR) is 348 cm³/mol. The lowest BCUT2D eigenvalue weighted by molar-refractivity contribution is -0.167. The highest BCUT2D eigenvalue weighted by atomic mass is 16.6. The van der Waals surface area contributed by atoms with E-state index in [0.717, 1.165) is 128 Å². The van der Waals surface area contributed by atoms with Gasteiger partial charge in [0.15, 0.2) is 6.10 Å². The number of hydrogen-bond donors (Lipinski definition) is 0. The van der Waals surface area contributed by atoms with E-state index in [9.17, 15) is 14.4 Å². The maximum absolute atomic E-state index is 12.9. The molecule has 0 aromatic rings. The smallest absolute Gasteiger partial charge is 0.306 e. The minimum absolute atomic E-state index is 0.109. The van der Waals surface area contributed by atoms with Crippen molar-refractivity contribution in [2.24, 2.45) is 0 Å². The third kappa shape index (κ3) is 64.4. The summed E-state index contributed by atoms with van der Waals surface area (Å²) in [6.45, 7) is 6.37. The molecule has 0 heterocycles. The minimum atomic E-state index is -0.813. The first kappa shape index (κ1) is 75.5. The summed E-state index contributed by atoms with van der Waals surface area (Å²) in [6, 6.07) is 0. The van der Waals surface area contributed by atoms with Crippen molar-refractivity contribution in [3.63, 3.8) is 0 Å². The predicted octanol–water partition coefficient (Wildman–Crippen LogP) is 22.9. The molecule has 1 atom stereocenters. The molecule has 0 amide bonds. The van der Waals surface area contributed by atoms with E-state index < -0.39 is 6.10 Å². The summed E-state index contributed by atoms with van der Waals surface area (Å²) < 4.78 is 16.9. The quantitative estimate of drug-likeness (QED) is 0.0261. The van der Waals surface area contributed by atoms with Crippen molar-refractivity contribution in [3.05, 3.63) is 134 Å². The van der Waals surface area contributed by atoms with Crippen molar-refractivity contribution in [1.29, 1.82) is 0 Å². The van der Waals surface area contributed by atoms with E-state index >= 15 is 0 Å². The highest BCUT2D eigenvalue weighted by Gasteiger charge is 2.19. The number of esters is 3. The van der Waals surface area contributed by atoms with Gasteiger partial charge in [-0.1, -0.05) is 296 Å². The lowest BCUT2D eigenvalue weighted by Gasteiger charge is -2.18. The topological polar surface area (TPSA) is 78.9 Å². The maximum atomic E-state index is 12.9. The van der Waals surface area contributed by atoms with Gasteiger partial charge in [0.2, 0.25) is 0 Å². The Morgan fingerprint density at radius 2 is 0.487 bits per heavy atom. The molecule has 6 nitrogen and oxygen atoms in total. The first-order valence-corrected chi connectivity index (χ1v) is 33.2. The van der Waals surface area contributed by atoms with Crippen LogP contribution in [-0.2, 0) is 28.6 Å². The van der Waals surface area contributed by atoms with Crippen molar-refractivity contribution in [1.82, 2.24) is 0 Å². The molecule has 0 aromatic carbocycles. The SMILES string of the molecule is CC/C=C\C/C=C\C/C=C\C/C=C\C/C=C\C/C=C\C/C=C\C/C=C\CCCCC(=O)OCC(COC(=O)CCCCC/C=C\C/C=C\C/C=C\CC)OC(=O)CCCCCCCCCCCCCCCCCCCCCCCC. The summed E-state index contributed by atoms with van der Waals surface area (Å²) in [5.74, 6) is -0.974. The van der Waals surface area contributed by atoms with Gasteiger partial charge >= 0.3 is 17.9 Å². The van der Waals surface area contributed by atoms with Crippen molar-refractivity contribution in [2.75, 3.05) is 13.2 Å². The monoisotopic (exact) mass is 1110 g/mol. The summed E-state index contributed by atoms with van der Waals surface area (Å²) in [5, 5.41) is 0. The molecule has 0 aliphatic carbocycles. The molecule has 0 spiro atoms. The summed E-state index contributed by atoms with van der Waals surface area (Å²) in [7, 11) is 0. The largest absolute Gasteiger partial charge is 0.462 e. The van der Waals surface area contributed by atoms with Crippen LogP contribution < -0.4 is 0 Å². The molecule has 0 fully saturated rings. The van der Waals surface area contributed by atoms with Gasteiger partial charge in [-0.2, -0.15) is 0 Å². The molecule has 0 bridgehead atoms. The van der Waals surface area contributed by atoms with Gasteiger partial charge < -0.3 is 14.2 Å². The van der Waals surface area contributed by atoms with Gasteiger partial charge in [0.05, 0.1) is 0 Å². The summed E-state index contributed by atoms with van der Waals surface area (Å²) in [4.78, 5) is 38.3. The van der Waals surface area contributed by atoms with Crippen molar-refractivity contribution >= 4 is 17.9 Å². The zero-order valence-electron chi connectivity index (χ0n) is 52.0. The number of carbonyl (C=O) groups excluding carboxylic acids is 3. The maximum Gasteiger partial charge on any atom is 0.306 e. The van der Waals surface area contributed by atoms with Crippen LogP contribution in [0, 0.1) is 0 Å². The standard InChI is InChI=1S/C74H122O6/c1-4-7-10-13-16-19-22-25-27-29-31-33-35-36-37-38-39-41-42-44-46-49-52-55-58-61-64-67-73(76)79-70-71(69-78-72(75)66-63-60-57-54-51-48-24-21-18-15-12-9-6-3)80-74(77)68-65-62-59-56-53-50-47-45-43-40-34-32-30-28-26-23-20-17-14-11-8-5-2/h7,9-10,12,16,18-19,21,25,27,31,33,36-37,39,41,44,46,48,51-52,55,71H,4-6,8,11,13-15,17,20,22-24,26,28-30,32,34-35,38,40,42-43,45,47,49-50,53-54,56-70H2,1-3H3/b10-7-,12-9-,19-16-,21-18-,27-25-,33-31-,37-36-,41-39-,46-44-,51-48-,55-52-. The van der Waals surface area contributed by atoms with E-state index in [4.69, 9.17) is 14.2 Å². The fourth-order valence-electron chi connectivity index (χ4n) is 9.00. The average Bonchev–Trinajstić information content (AvgIpc) is 3.46. The molecule has 6 heteroatoms. The third-order valence-electron chi connectivity index (χ3n) is 13.9. The Balaban J connectivity index is 4.42. The highest BCUT2D eigenvalue weighted by Crippen LogP contribution is 2.17. The molecule has 0 aliphatic rings. The van der Waals surface area contributed by atoms with Crippen LogP contribution in [-0.4, -0.2) is 37.2 Å². The summed E-state index contributed by atoms with van der Waals surface area (Å²) in [5.41, 5.74) is 0. The number of unbranched alkanes of at least 4 members (excludes halogenated alkanes) is 26. The number of allylic oxidation sites excluding steroid dienone is 22. The first-order chi connectivity index (χ1) is 39.5. The average molecular weight is 1110 g/mol. The Morgan fingerprint density at radius 1 is 0.263 bits per heavy atom. The van der Waals surface area contributed by atoms with Crippen LogP contribution in [0.3, 0.4) is 0 Å². The number of hydrogen-bond acceptors (Lipinski definition) is 6. The Kier molecular flexibility index (Phi) is 63.3. The molecule has 0 saturated heterocycles. The lowest BCUT2D eigenvalue weighted by Crippen LogP contribution is -2.30. The van der Waals surface area contributed by atoms with Gasteiger partial charge in [0.25, 0.3) is 0 Å². The molecule has 0 radical (unpaired) electrons. The van der Waals surface area contributed by atoms with Crippen LogP contribution in [0.5, 0.6) is 0 Å². The fourth-order valence-corrected chi connectivity index (χ4v) is 9.00. The normalized spacial score (nSPS) is 13.0. The van der Waals surface area contributed by atoms with E-state index in [1.807, 2.05) is 0 Å². The molecule has 0 aliphatic heterocycles. The van der Waals surface area contributed by atoms with Crippen LogP contribution in [0.15, 0.2) is 134 Å². The second-order valence-corrected chi connectivity index (χ2v) is 21.6. The van der Waals surface area contributed by atoms with Crippen LogP contribution >= 0.6 is 0 Å². The van der Waals surface area contributed by atoms with Crippen LogP contribution in [0.1, 0.15) is 297 Å². The molecular weight excluding hydrogens is 985 g/mol. The molecule has 1 unspecified atom stereocenters. The molecule has 0 rings (SSSR count). The fraction of sp³-hybridized carbons (Fsp3) is 0.662. The lowest BCUT2D eigenvalue weighted by atomic mass is 10.0. The van der Waals surface area contributed by atoms with Gasteiger partial charge in [0.1, 0.15) is 13.2 Å². The molecule has 0 N–H and O–H groups in total. The first-order valence-electron chi connectivity index (χ1n) is 33.2. The molecule has 454 valence electrons. The number of ether oxygens (including phenoxy) is 3. The molecule has 80 heavy (non-hydrogen) atoms. The second kappa shape index (κ2) is 67.1. The molecule has 0 saturated carbocycles. The van der Waals surface area contributed by atoms with Crippen LogP contribution in [0.25, 0.3) is 0 Å². The number of carbonyl (C=O) groups is 3. The number of rotatable bonds is 59. The van der Waals surface area contributed by atoms with E-state index in [1.54, 1.807) is 0 Å². The van der Waals surface area contributed by atoms with Crippen LogP contribution in [0.4, 0.5) is 0 Å². The summed E-state index contributed by atoms with van der Waals surface area (Å²) in [6.07, 6.45) is 94.7. The second-order valence-electron chi connectivity index (χ2n) is 21.6. The minimum Gasteiger partial charge on any atom is -0.462 e. The Bertz CT molecular complexity index is 1700. The van der Waals surface area contributed by atoms with E-state index in [2.05, 4.69) is 154 Å².